The van der Waals surface area contributed by atoms with Crippen LogP contribution in [-0.4, -0.2) is 11.8 Å². The Bertz CT molecular complexity index is 1010. The van der Waals surface area contributed by atoms with Crippen LogP contribution < -0.4 is 14.8 Å². The summed E-state index contributed by atoms with van der Waals surface area (Å²) in [7, 11) is 0. The molecule has 1 aromatic heterocycles. The van der Waals surface area contributed by atoms with Crippen LogP contribution in [0.3, 0.4) is 0 Å². The summed E-state index contributed by atoms with van der Waals surface area (Å²) in [6, 6.07) is 20.8. The summed E-state index contributed by atoms with van der Waals surface area (Å²) in [5.74, 6) is 2.46. The Hall–Kier alpha value is -3.27. The summed E-state index contributed by atoms with van der Waals surface area (Å²) in [6.07, 6.45) is 4.97. The minimum Gasteiger partial charge on any atom is -0.454 e. The molecule has 140 valence electrons. The van der Waals surface area contributed by atoms with Crippen molar-refractivity contribution in [3.63, 3.8) is 0 Å². The van der Waals surface area contributed by atoms with Crippen molar-refractivity contribution < 1.29 is 9.47 Å². The summed E-state index contributed by atoms with van der Waals surface area (Å²) in [5.41, 5.74) is 4.63. The van der Waals surface area contributed by atoms with Gasteiger partial charge in [0.2, 0.25) is 6.79 Å². The van der Waals surface area contributed by atoms with Crippen LogP contribution in [0.4, 0.5) is 5.82 Å². The first-order chi connectivity index (χ1) is 13.7. The third-order valence-corrected chi connectivity index (χ3v) is 5.61. The molecule has 0 amide bonds. The van der Waals surface area contributed by atoms with E-state index in [2.05, 4.69) is 59.3 Å². The number of hydrogen-bond donors (Lipinski definition) is 1. The van der Waals surface area contributed by atoms with E-state index in [0.29, 0.717) is 6.79 Å². The Morgan fingerprint density at radius 2 is 1.79 bits per heavy atom. The van der Waals surface area contributed by atoms with Crippen LogP contribution in [0.15, 0.2) is 79.1 Å². The van der Waals surface area contributed by atoms with Gasteiger partial charge in [-0.15, -0.1) is 0 Å². The van der Waals surface area contributed by atoms with Gasteiger partial charge >= 0.3 is 0 Å². The maximum absolute atomic E-state index is 5.54. The molecule has 1 fully saturated rings. The van der Waals surface area contributed by atoms with E-state index in [9.17, 15) is 0 Å². The topological polar surface area (TPSA) is 43.4 Å². The molecule has 2 aliphatic rings. The summed E-state index contributed by atoms with van der Waals surface area (Å²) < 4.78 is 11.0. The van der Waals surface area contributed by atoms with Gasteiger partial charge in [0.1, 0.15) is 5.82 Å². The molecule has 1 aliphatic heterocycles. The van der Waals surface area contributed by atoms with Gasteiger partial charge < -0.3 is 14.8 Å². The van der Waals surface area contributed by atoms with Crippen molar-refractivity contribution in [2.24, 2.45) is 0 Å². The van der Waals surface area contributed by atoms with Gasteiger partial charge in [0.15, 0.2) is 11.5 Å². The highest BCUT2D eigenvalue weighted by atomic mass is 16.7. The van der Waals surface area contributed by atoms with Crippen LogP contribution >= 0.6 is 0 Å². The van der Waals surface area contributed by atoms with E-state index < -0.39 is 0 Å². The van der Waals surface area contributed by atoms with Crippen molar-refractivity contribution in [3.8, 4) is 11.5 Å². The van der Waals surface area contributed by atoms with Crippen molar-refractivity contribution in [2.75, 3.05) is 12.1 Å². The average Bonchev–Trinajstić information content (AvgIpc) is 3.41. The average molecular weight is 370 g/mol. The molecule has 1 saturated carbocycles. The third-order valence-electron chi connectivity index (χ3n) is 5.61. The van der Waals surface area contributed by atoms with Gasteiger partial charge in [0.25, 0.3) is 0 Å². The van der Waals surface area contributed by atoms with Gasteiger partial charge in [-0.25, -0.2) is 4.98 Å². The van der Waals surface area contributed by atoms with E-state index in [1.165, 1.54) is 16.7 Å². The van der Waals surface area contributed by atoms with Crippen LogP contribution in [0.1, 0.15) is 29.5 Å². The molecular weight excluding hydrogens is 348 g/mol. The third kappa shape index (κ3) is 3.11. The second-order valence-electron chi connectivity index (χ2n) is 7.47. The molecule has 0 bridgehead atoms. The summed E-state index contributed by atoms with van der Waals surface area (Å²) >= 11 is 0. The zero-order valence-corrected chi connectivity index (χ0v) is 15.7. The van der Waals surface area contributed by atoms with Crippen LogP contribution in [0.2, 0.25) is 0 Å². The second kappa shape index (κ2) is 6.71. The number of hydrogen-bond acceptors (Lipinski definition) is 4. The summed E-state index contributed by atoms with van der Waals surface area (Å²) in [6.45, 7) is 4.62. The second-order valence-corrected chi connectivity index (χ2v) is 7.47. The molecule has 0 unspecified atom stereocenters. The number of rotatable bonds is 6. The lowest BCUT2D eigenvalue weighted by molar-refractivity contribution is 0.174. The Balaban J connectivity index is 1.29. The zero-order valence-electron chi connectivity index (χ0n) is 15.7. The van der Waals surface area contributed by atoms with Crippen LogP contribution in [0, 0.1) is 0 Å². The molecule has 2 heterocycles. The molecule has 4 heteroatoms. The lowest BCUT2D eigenvalue weighted by Gasteiger charge is -2.20. The van der Waals surface area contributed by atoms with Crippen LogP contribution in [0.5, 0.6) is 11.5 Å². The smallest absolute Gasteiger partial charge is 0.231 e. The summed E-state index contributed by atoms with van der Waals surface area (Å²) in [4.78, 5) is 4.59. The highest BCUT2D eigenvalue weighted by Gasteiger charge is 2.47. The number of anilines is 1. The molecule has 5 rings (SSSR count). The molecule has 0 atom stereocenters. The lowest BCUT2D eigenvalue weighted by Crippen LogP contribution is -2.16. The molecule has 0 spiro atoms. The molecule has 3 aromatic rings. The van der Waals surface area contributed by atoms with E-state index in [4.69, 9.17) is 9.47 Å². The SMILES string of the molecule is C=C(Nc1ccc(Cc2ccccc2)cn1)C1(c2ccc3c(c2)OCO3)CC1. The predicted molar refractivity (Wildman–Crippen MR) is 110 cm³/mol. The van der Waals surface area contributed by atoms with Crippen LogP contribution in [-0.2, 0) is 11.8 Å². The highest BCUT2D eigenvalue weighted by molar-refractivity contribution is 5.55. The van der Waals surface area contributed by atoms with E-state index in [1.54, 1.807) is 0 Å². The van der Waals surface area contributed by atoms with Crippen molar-refractivity contribution in [1.29, 1.82) is 0 Å². The molecule has 28 heavy (non-hydrogen) atoms. The number of nitrogens with zero attached hydrogens (tertiary/aromatic N) is 1. The molecule has 1 N–H and O–H groups in total. The Kier molecular flexibility index (Phi) is 4.05. The van der Waals surface area contributed by atoms with Gasteiger partial charge in [0, 0.05) is 17.3 Å². The van der Waals surface area contributed by atoms with Crippen molar-refractivity contribution in [1.82, 2.24) is 4.98 Å². The minimum absolute atomic E-state index is 0.0502. The number of ether oxygens (including phenoxy) is 2. The molecular formula is C24H22N2O2. The van der Waals surface area contributed by atoms with Crippen LogP contribution in [0.25, 0.3) is 0 Å². The molecule has 2 aromatic carbocycles. The molecule has 4 nitrogen and oxygen atoms in total. The first-order valence-corrected chi connectivity index (χ1v) is 9.58. The number of fused-ring (bicyclic) bond motifs is 1. The molecule has 1 aliphatic carbocycles. The Morgan fingerprint density at radius 3 is 2.54 bits per heavy atom. The summed E-state index contributed by atoms with van der Waals surface area (Å²) in [5, 5.41) is 3.42. The standard InChI is InChI=1S/C24H22N2O2/c1-17(24(11-12-24)20-8-9-21-22(14-20)28-16-27-21)26-23-10-7-19(15-25-23)13-18-5-3-2-4-6-18/h2-10,14-15H,1,11-13,16H2,(H,25,26). The Morgan fingerprint density at radius 1 is 0.964 bits per heavy atom. The van der Waals surface area contributed by atoms with Gasteiger partial charge in [-0.05, 0) is 54.2 Å². The quantitative estimate of drug-likeness (QED) is 0.659. The lowest BCUT2D eigenvalue weighted by atomic mass is 9.92. The maximum atomic E-state index is 5.54. The number of aromatic nitrogens is 1. The first kappa shape index (κ1) is 16.9. The monoisotopic (exact) mass is 370 g/mol. The number of pyridine rings is 1. The van der Waals surface area contributed by atoms with E-state index in [0.717, 1.165) is 42.3 Å². The maximum Gasteiger partial charge on any atom is 0.231 e. The largest absolute Gasteiger partial charge is 0.454 e. The number of nitrogens with one attached hydrogen (secondary N) is 1. The predicted octanol–water partition coefficient (Wildman–Crippen LogP) is 5.06. The molecule has 0 saturated heterocycles. The normalized spacial score (nSPS) is 15.9. The van der Waals surface area contributed by atoms with E-state index in [1.807, 2.05) is 24.4 Å². The van der Waals surface area contributed by atoms with Crippen molar-refractivity contribution >= 4 is 5.82 Å². The van der Waals surface area contributed by atoms with Gasteiger partial charge in [-0.1, -0.05) is 49.0 Å². The van der Waals surface area contributed by atoms with E-state index in [-0.39, 0.29) is 5.41 Å². The van der Waals surface area contributed by atoms with Gasteiger partial charge in [0.05, 0.1) is 0 Å². The number of allylic oxidation sites excluding steroid dienone is 1. The first-order valence-electron chi connectivity index (χ1n) is 9.58. The fourth-order valence-corrected chi connectivity index (χ4v) is 3.79. The zero-order chi connectivity index (χ0) is 19.0. The minimum atomic E-state index is -0.0502. The highest BCUT2D eigenvalue weighted by Crippen LogP contribution is 2.54. The number of benzene rings is 2. The van der Waals surface area contributed by atoms with Gasteiger partial charge in [-0.2, -0.15) is 0 Å². The fourth-order valence-electron chi connectivity index (χ4n) is 3.79. The van der Waals surface area contributed by atoms with Crippen molar-refractivity contribution in [2.45, 2.75) is 24.7 Å². The van der Waals surface area contributed by atoms with E-state index >= 15 is 0 Å². The Labute approximate surface area is 164 Å². The van der Waals surface area contributed by atoms with Crippen molar-refractivity contribution in [3.05, 3.63) is 95.8 Å². The fraction of sp³-hybridized carbons (Fsp3) is 0.208. The molecule has 0 radical (unpaired) electrons. The van der Waals surface area contributed by atoms with Gasteiger partial charge in [-0.3, -0.25) is 0 Å².